The molecular weight excluding hydrogens is 258 g/mol. The third-order valence-corrected chi connectivity index (χ3v) is 3.80. The third-order valence-electron chi connectivity index (χ3n) is 3.80. The summed E-state index contributed by atoms with van der Waals surface area (Å²) in [7, 11) is 0. The highest BCUT2D eigenvalue weighted by Gasteiger charge is 2.52. The molecule has 0 aromatic rings. The Morgan fingerprint density at radius 2 is 2.10 bits per heavy atom. The van der Waals surface area contributed by atoms with E-state index >= 15 is 0 Å². The van der Waals surface area contributed by atoms with Crippen LogP contribution in [-0.2, 0) is 9.53 Å². The van der Waals surface area contributed by atoms with Gasteiger partial charge in [0.05, 0.1) is 6.07 Å². The minimum absolute atomic E-state index is 0.0329. The predicted octanol–water partition coefficient (Wildman–Crippen LogP) is 1.41. The van der Waals surface area contributed by atoms with Crippen LogP contribution in [0.15, 0.2) is 0 Å². The lowest BCUT2D eigenvalue weighted by Crippen LogP contribution is -2.53. The number of likely N-dealkylation sites (tertiary alicyclic amines) is 1. The van der Waals surface area contributed by atoms with E-state index < -0.39 is 17.7 Å². The van der Waals surface area contributed by atoms with Gasteiger partial charge in [0.15, 0.2) is 0 Å². The number of amides is 2. The van der Waals surface area contributed by atoms with Crippen molar-refractivity contribution in [3.8, 4) is 6.07 Å². The van der Waals surface area contributed by atoms with Crippen LogP contribution in [-0.4, -0.2) is 41.1 Å². The molecule has 1 N–H and O–H groups in total. The molecule has 1 saturated heterocycles. The number of hydrogen-bond acceptors (Lipinski definition) is 4. The first-order chi connectivity index (χ1) is 9.33. The molecule has 0 aromatic carbocycles. The Morgan fingerprint density at radius 3 is 2.70 bits per heavy atom. The molecule has 6 heteroatoms. The maximum Gasteiger partial charge on any atom is 0.411 e. The van der Waals surface area contributed by atoms with Crippen molar-refractivity contribution >= 4 is 12.0 Å². The lowest BCUT2D eigenvalue weighted by molar-refractivity contribution is -0.127. The van der Waals surface area contributed by atoms with Crippen LogP contribution in [0.2, 0.25) is 0 Å². The summed E-state index contributed by atoms with van der Waals surface area (Å²) in [6.07, 6.45) is 2.30. The summed E-state index contributed by atoms with van der Waals surface area (Å²) >= 11 is 0. The number of nitriles is 1. The van der Waals surface area contributed by atoms with Gasteiger partial charge in [-0.15, -0.1) is 0 Å². The number of piperidine rings is 1. The fraction of sp³-hybridized carbons (Fsp3) is 0.786. The van der Waals surface area contributed by atoms with Gasteiger partial charge in [-0.2, -0.15) is 5.26 Å². The molecule has 6 nitrogen and oxygen atoms in total. The first-order valence-electron chi connectivity index (χ1n) is 6.99. The van der Waals surface area contributed by atoms with Gasteiger partial charge in [-0.25, -0.2) is 4.79 Å². The maximum atomic E-state index is 12.3. The summed E-state index contributed by atoms with van der Waals surface area (Å²) < 4.78 is 5.40. The molecule has 0 spiro atoms. The van der Waals surface area contributed by atoms with E-state index in [2.05, 4.69) is 5.32 Å². The number of carbonyl (C=O) groups is 2. The van der Waals surface area contributed by atoms with Gasteiger partial charge in [-0.3, -0.25) is 9.69 Å². The van der Waals surface area contributed by atoms with Gasteiger partial charge in [-0.05, 0) is 46.0 Å². The standard InChI is InChI=1S/C14H21N3O3/c1-14(2,3)20-13(19)17-10-5-4-9(8-10)11(17)12(18)16-7-6-15/h9-11H,4-5,7-8H2,1-3H3,(H,16,18)/t9?,10-,11+/m1/s1. The van der Waals surface area contributed by atoms with E-state index in [0.29, 0.717) is 0 Å². The Balaban J connectivity index is 2.11. The van der Waals surface area contributed by atoms with Crippen molar-refractivity contribution in [3.05, 3.63) is 0 Å². The van der Waals surface area contributed by atoms with Gasteiger partial charge < -0.3 is 10.1 Å². The molecule has 1 unspecified atom stereocenters. The SMILES string of the molecule is CC(C)(C)OC(=O)N1[C@@H]2CCC(C2)[C@H]1C(=O)NCC#N. The number of fused-ring (bicyclic) bond motifs is 2. The molecule has 1 aliphatic heterocycles. The Kier molecular flexibility index (Phi) is 3.89. The van der Waals surface area contributed by atoms with Crippen LogP contribution in [0.5, 0.6) is 0 Å². The molecule has 2 bridgehead atoms. The van der Waals surface area contributed by atoms with Crippen LogP contribution in [0.3, 0.4) is 0 Å². The van der Waals surface area contributed by atoms with Crippen molar-refractivity contribution in [2.75, 3.05) is 6.54 Å². The molecule has 2 fully saturated rings. The minimum Gasteiger partial charge on any atom is -0.444 e. The highest BCUT2D eigenvalue weighted by atomic mass is 16.6. The second-order valence-corrected chi connectivity index (χ2v) is 6.44. The van der Waals surface area contributed by atoms with Crippen molar-refractivity contribution in [2.45, 2.75) is 57.7 Å². The Labute approximate surface area is 119 Å². The smallest absolute Gasteiger partial charge is 0.411 e. The molecule has 2 aliphatic rings. The molecule has 0 aromatic heterocycles. The van der Waals surface area contributed by atoms with E-state index in [4.69, 9.17) is 10.00 Å². The second-order valence-electron chi connectivity index (χ2n) is 6.44. The molecule has 110 valence electrons. The van der Waals surface area contributed by atoms with Crippen LogP contribution in [0.25, 0.3) is 0 Å². The van der Waals surface area contributed by atoms with Crippen LogP contribution in [0.4, 0.5) is 4.79 Å². The zero-order valence-electron chi connectivity index (χ0n) is 12.2. The second kappa shape index (κ2) is 5.31. The normalized spacial score (nSPS) is 28.1. The molecule has 2 rings (SSSR count). The highest BCUT2D eigenvalue weighted by molar-refractivity contribution is 5.87. The van der Waals surface area contributed by atoms with Gasteiger partial charge >= 0.3 is 6.09 Å². The Bertz CT molecular complexity index is 450. The van der Waals surface area contributed by atoms with Gasteiger partial charge in [0, 0.05) is 6.04 Å². The van der Waals surface area contributed by atoms with Crippen molar-refractivity contribution in [3.63, 3.8) is 0 Å². The quantitative estimate of drug-likeness (QED) is 0.775. The fourth-order valence-electron chi connectivity index (χ4n) is 3.13. The van der Waals surface area contributed by atoms with E-state index in [9.17, 15) is 9.59 Å². The average Bonchev–Trinajstić information content (AvgIpc) is 2.93. The molecule has 0 radical (unpaired) electrons. The largest absolute Gasteiger partial charge is 0.444 e. The van der Waals surface area contributed by atoms with Gasteiger partial charge in [0.25, 0.3) is 0 Å². The van der Waals surface area contributed by atoms with Crippen LogP contribution >= 0.6 is 0 Å². The third kappa shape index (κ3) is 2.87. The van der Waals surface area contributed by atoms with E-state index in [-0.39, 0.29) is 24.4 Å². The number of rotatable bonds is 2. The van der Waals surface area contributed by atoms with Crippen molar-refractivity contribution in [1.82, 2.24) is 10.2 Å². The van der Waals surface area contributed by atoms with Gasteiger partial charge in [0.1, 0.15) is 18.2 Å². The lowest BCUT2D eigenvalue weighted by Gasteiger charge is -2.35. The summed E-state index contributed by atoms with van der Waals surface area (Å²) in [6, 6.07) is 1.48. The van der Waals surface area contributed by atoms with E-state index in [1.807, 2.05) is 26.8 Å². The zero-order chi connectivity index (χ0) is 14.9. The van der Waals surface area contributed by atoms with Crippen molar-refractivity contribution < 1.29 is 14.3 Å². The number of nitrogens with zero attached hydrogens (tertiary/aromatic N) is 2. The number of hydrogen-bond donors (Lipinski definition) is 1. The monoisotopic (exact) mass is 279 g/mol. The van der Waals surface area contributed by atoms with E-state index in [1.54, 1.807) is 4.90 Å². The molecule has 1 heterocycles. The molecule has 3 atom stereocenters. The molecule has 1 aliphatic carbocycles. The summed E-state index contributed by atoms with van der Waals surface area (Å²) in [6.45, 7) is 5.40. The van der Waals surface area contributed by atoms with E-state index in [0.717, 1.165) is 19.3 Å². The summed E-state index contributed by atoms with van der Waals surface area (Å²) in [5.41, 5.74) is -0.577. The molecular formula is C14H21N3O3. The van der Waals surface area contributed by atoms with Gasteiger partial charge in [-0.1, -0.05) is 0 Å². The number of nitrogens with one attached hydrogen (secondary N) is 1. The van der Waals surface area contributed by atoms with Crippen molar-refractivity contribution in [1.29, 1.82) is 5.26 Å². The topological polar surface area (TPSA) is 82.4 Å². The first kappa shape index (κ1) is 14.6. The van der Waals surface area contributed by atoms with Crippen LogP contribution in [0.1, 0.15) is 40.0 Å². The fourth-order valence-corrected chi connectivity index (χ4v) is 3.13. The van der Waals surface area contributed by atoms with Gasteiger partial charge in [0.2, 0.25) is 5.91 Å². The van der Waals surface area contributed by atoms with Crippen LogP contribution < -0.4 is 5.32 Å². The number of carbonyl (C=O) groups excluding carboxylic acids is 2. The number of ether oxygens (including phenoxy) is 1. The van der Waals surface area contributed by atoms with Crippen LogP contribution in [0, 0.1) is 17.2 Å². The average molecular weight is 279 g/mol. The highest BCUT2D eigenvalue weighted by Crippen LogP contribution is 2.43. The summed E-state index contributed by atoms with van der Waals surface area (Å²) in [4.78, 5) is 26.0. The zero-order valence-corrected chi connectivity index (χ0v) is 12.2. The Hall–Kier alpha value is -1.77. The molecule has 20 heavy (non-hydrogen) atoms. The molecule has 2 amide bonds. The predicted molar refractivity (Wildman–Crippen MR) is 71.6 cm³/mol. The minimum atomic E-state index is -0.577. The lowest BCUT2D eigenvalue weighted by atomic mass is 9.98. The van der Waals surface area contributed by atoms with E-state index in [1.165, 1.54) is 0 Å². The maximum absolute atomic E-state index is 12.3. The first-order valence-corrected chi connectivity index (χ1v) is 6.99. The van der Waals surface area contributed by atoms with Crippen molar-refractivity contribution in [2.24, 2.45) is 5.92 Å². The molecule has 1 saturated carbocycles. The Morgan fingerprint density at radius 1 is 1.40 bits per heavy atom. The summed E-state index contributed by atoms with van der Waals surface area (Å²) in [5, 5.41) is 11.1. The summed E-state index contributed by atoms with van der Waals surface area (Å²) in [5.74, 6) is -0.0594.